The zero-order valence-electron chi connectivity index (χ0n) is 13.7. The number of benzene rings is 2. The van der Waals surface area contributed by atoms with E-state index in [0.29, 0.717) is 35.2 Å². The smallest absolute Gasteiger partial charge is 0.0455 e. The molecule has 128 valence electrons. The third-order valence-electron chi connectivity index (χ3n) is 5.45. The van der Waals surface area contributed by atoms with Gasteiger partial charge in [0, 0.05) is 15.1 Å². The van der Waals surface area contributed by atoms with Gasteiger partial charge in [-0.3, -0.25) is 0 Å². The van der Waals surface area contributed by atoms with E-state index < -0.39 is 0 Å². The first kappa shape index (κ1) is 18.1. The molecule has 2 aromatic carbocycles. The van der Waals surface area contributed by atoms with Crippen LogP contribution in [-0.2, 0) is 0 Å². The summed E-state index contributed by atoms with van der Waals surface area (Å²) in [6.45, 7) is 2.98. The Bertz CT molecular complexity index is 699. The van der Waals surface area contributed by atoms with Gasteiger partial charge in [0.05, 0.1) is 0 Å². The van der Waals surface area contributed by atoms with Crippen molar-refractivity contribution in [3.63, 3.8) is 0 Å². The molecule has 1 nitrogen and oxygen atoms in total. The molecule has 1 aliphatic carbocycles. The molecule has 1 fully saturated rings. The van der Waals surface area contributed by atoms with Crippen LogP contribution in [0, 0.1) is 11.8 Å². The van der Waals surface area contributed by atoms with Crippen LogP contribution in [0.25, 0.3) is 0 Å². The summed E-state index contributed by atoms with van der Waals surface area (Å²) in [7, 11) is 0. The van der Waals surface area contributed by atoms with Crippen LogP contribution in [-0.4, -0.2) is 6.54 Å². The van der Waals surface area contributed by atoms with Crippen molar-refractivity contribution in [1.29, 1.82) is 0 Å². The average Bonchev–Trinajstić information content (AvgIpc) is 2.56. The van der Waals surface area contributed by atoms with Crippen LogP contribution in [0.1, 0.15) is 42.7 Å². The van der Waals surface area contributed by atoms with E-state index in [1.165, 1.54) is 11.1 Å². The quantitative estimate of drug-likeness (QED) is 0.642. The van der Waals surface area contributed by atoms with E-state index in [9.17, 15) is 0 Å². The molecule has 0 amide bonds. The van der Waals surface area contributed by atoms with Gasteiger partial charge in [0.25, 0.3) is 0 Å². The van der Waals surface area contributed by atoms with Crippen LogP contribution >= 0.6 is 34.8 Å². The average molecular weight is 383 g/mol. The maximum atomic E-state index is 6.53. The number of rotatable bonds is 3. The van der Waals surface area contributed by atoms with Crippen molar-refractivity contribution in [3.8, 4) is 0 Å². The van der Waals surface area contributed by atoms with E-state index in [-0.39, 0.29) is 0 Å². The van der Waals surface area contributed by atoms with Crippen molar-refractivity contribution >= 4 is 34.8 Å². The van der Waals surface area contributed by atoms with E-state index in [4.69, 9.17) is 40.5 Å². The van der Waals surface area contributed by atoms with Crippen molar-refractivity contribution in [2.24, 2.45) is 17.6 Å². The van der Waals surface area contributed by atoms with E-state index in [1.54, 1.807) is 0 Å². The van der Waals surface area contributed by atoms with Gasteiger partial charge in [0.2, 0.25) is 0 Å². The molecular weight excluding hydrogens is 361 g/mol. The lowest BCUT2D eigenvalue weighted by molar-refractivity contribution is 0.199. The minimum absolute atomic E-state index is 0.342. The highest BCUT2D eigenvalue weighted by Gasteiger charge is 2.39. The highest BCUT2D eigenvalue weighted by atomic mass is 35.5. The third-order valence-corrected chi connectivity index (χ3v) is 6.26. The first-order valence-electron chi connectivity index (χ1n) is 8.41. The number of hydrogen-bond acceptors (Lipinski definition) is 1. The molecule has 0 saturated heterocycles. The molecule has 0 bridgehead atoms. The highest BCUT2D eigenvalue weighted by Crippen LogP contribution is 2.50. The fraction of sp³-hybridized carbons (Fsp3) is 0.400. The second-order valence-electron chi connectivity index (χ2n) is 6.80. The van der Waals surface area contributed by atoms with Gasteiger partial charge in [-0.2, -0.15) is 0 Å². The van der Waals surface area contributed by atoms with Gasteiger partial charge in [-0.15, -0.1) is 0 Å². The molecule has 2 N–H and O–H groups in total. The molecular formula is C20H22Cl3N. The fourth-order valence-corrected chi connectivity index (χ4v) is 4.86. The fourth-order valence-electron chi connectivity index (χ4n) is 4.18. The van der Waals surface area contributed by atoms with Gasteiger partial charge in [0.1, 0.15) is 0 Å². The van der Waals surface area contributed by atoms with Crippen LogP contribution in [0.4, 0.5) is 0 Å². The van der Waals surface area contributed by atoms with Gasteiger partial charge < -0.3 is 5.73 Å². The summed E-state index contributed by atoms with van der Waals surface area (Å²) in [4.78, 5) is 0. The van der Waals surface area contributed by atoms with Crippen LogP contribution in [0.15, 0.2) is 42.5 Å². The maximum absolute atomic E-state index is 6.53. The number of halogens is 3. The van der Waals surface area contributed by atoms with Gasteiger partial charge >= 0.3 is 0 Å². The Balaban J connectivity index is 2.06. The van der Waals surface area contributed by atoms with Crippen molar-refractivity contribution < 1.29 is 0 Å². The second-order valence-corrected chi connectivity index (χ2v) is 8.08. The molecule has 4 unspecified atom stereocenters. The van der Waals surface area contributed by atoms with E-state index >= 15 is 0 Å². The zero-order chi connectivity index (χ0) is 17.3. The lowest BCUT2D eigenvalue weighted by Gasteiger charge is -2.42. The molecule has 0 radical (unpaired) electrons. The van der Waals surface area contributed by atoms with Crippen LogP contribution in [0.5, 0.6) is 0 Å². The molecule has 0 heterocycles. The van der Waals surface area contributed by atoms with Crippen LogP contribution < -0.4 is 5.73 Å². The molecule has 0 aromatic heterocycles. The monoisotopic (exact) mass is 381 g/mol. The number of hydrogen-bond donors (Lipinski definition) is 1. The minimum atomic E-state index is 0.342. The molecule has 24 heavy (non-hydrogen) atoms. The summed E-state index contributed by atoms with van der Waals surface area (Å²) in [6, 6.07) is 14.0. The predicted octanol–water partition coefficient (Wildman–Crippen LogP) is 6.52. The third kappa shape index (κ3) is 3.60. The minimum Gasteiger partial charge on any atom is -0.330 e. The van der Waals surface area contributed by atoms with Gasteiger partial charge in [-0.25, -0.2) is 0 Å². The molecule has 2 aromatic rings. The molecule has 1 saturated carbocycles. The maximum Gasteiger partial charge on any atom is 0.0455 e. The zero-order valence-corrected chi connectivity index (χ0v) is 16.0. The Labute approximate surface area is 159 Å². The Hall–Kier alpha value is -0.730. The summed E-state index contributed by atoms with van der Waals surface area (Å²) >= 11 is 18.7. The lowest BCUT2D eigenvalue weighted by Crippen LogP contribution is -2.35. The van der Waals surface area contributed by atoms with Crippen LogP contribution in [0.2, 0.25) is 15.1 Å². The topological polar surface area (TPSA) is 26.0 Å². The predicted molar refractivity (Wildman–Crippen MR) is 104 cm³/mol. The Morgan fingerprint density at radius 1 is 0.958 bits per heavy atom. The normalized spacial score (nSPS) is 27.2. The summed E-state index contributed by atoms with van der Waals surface area (Å²) in [5, 5.41) is 2.18. The molecule has 3 rings (SSSR count). The molecule has 4 atom stereocenters. The second kappa shape index (κ2) is 7.66. The van der Waals surface area contributed by atoms with Crippen molar-refractivity contribution in [1.82, 2.24) is 0 Å². The highest BCUT2D eigenvalue weighted by molar-refractivity contribution is 6.35. The summed E-state index contributed by atoms with van der Waals surface area (Å²) in [5.41, 5.74) is 8.64. The Morgan fingerprint density at radius 2 is 1.62 bits per heavy atom. The largest absolute Gasteiger partial charge is 0.330 e. The SMILES string of the molecule is CC1CCC(c2ccc(Cl)cc2Cl)C(c2ccc(Cl)cc2)C1CN. The first-order chi connectivity index (χ1) is 11.5. The van der Waals surface area contributed by atoms with Gasteiger partial charge in [0.15, 0.2) is 0 Å². The molecule has 4 heteroatoms. The molecule has 0 spiro atoms. The lowest BCUT2D eigenvalue weighted by atomic mass is 9.63. The summed E-state index contributed by atoms with van der Waals surface area (Å²) < 4.78 is 0. The van der Waals surface area contributed by atoms with E-state index in [0.717, 1.165) is 22.9 Å². The van der Waals surface area contributed by atoms with Crippen molar-refractivity contribution in [2.45, 2.75) is 31.6 Å². The van der Waals surface area contributed by atoms with Crippen molar-refractivity contribution in [3.05, 3.63) is 68.7 Å². The Morgan fingerprint density at radius 3 is 2.25 bits per heavy atom. The van der Waals surface area contributed by atoms with Gasteiger partial charge in [-0.1, -0.05) is 59.9 Å². The van der Waals surface area contributed by atoms with E-state index in [2.05, 4.69) is 25.1 Å². The van der Waals surface area contributed by atoms with Crippen molar-refractivity contribution in [2.75, 3.05) is 6.54 Å². The van der Waals surface area contributed by atoms with Gasteiger partial charge in [-0.05, 0) is 78.5 Å². The standard InChI is InChI=1S/C20H22Cl3N/c1-12-2-8-17(16-9-7-15(22)10-19(16)23)20(18(12)11-24)13-3-5-14(21)6-4-13/h3-7,9-10,12,17-18,20H,2,8,11,24H2,1H3. The summed E-state index contributed by atoms with van der Waals surface area (Å²) in [6.07, 6.45) is 2.27. The number of nitrogens with two attached hydrogens (primary N) is 1. The molecule has 1 aliphatic rings. The molecule has 0 aliphatic heterocycles. The Kier molecular flexibility index (Phi) is 5.77. The first-order valence-corrected chi connectivity index (χ1v) is 9.55. The van der Waals surface area contributed by atoms with E-state index in [1.807, 2.05) is 24.3 Å². The summed E-state index contributed by atoms with van der Waals surface area (Å²) in [5.74, 6) is 1.71. The van der Waals surface area contributed by atoms with Crippen LogP contribution in [0.3, 0.4) is 0 Å².